The van der Waals surface area contributed by atoms with E-state index in [1.165, 1.54) is 32.2 Å². The van der Waals surface area contributed by atoms with Gasteiger partial charge in [0.15, 0.2) is 5.12 Å². The number of hydrogen-bond donors (Lipinski definition) is 3. The highest BCUT2D eigenvalue weighted by Crippen LogP contribution is 2.29. The minimum atomic E-state index is -1.41. The average molecular weight is 300 g/mol. The van der Waals surface area contributed by atoms with Gasteiger partial charge in [-0.3, -0.25) is 4.79 Å². The van der Waals surface area contributed by atoms with Gasteiger partial charge >= 0.3 is 5.97 Å². The molecular formula is C13H16O6S. The normalized spacial score (nSPS) is 13.6. The van der Waals surface area contributed by atoms with Crippen LogP contribution in [0, 0.1) is 0 Å². The van der Waals surface area contributed by atoms with Gasteiger partial charge in [-0.15, -0.1) is 0 Å². The number of carbonyl (C=O) groups is 2. The molecule has 2 atom stereocenters. The quantitative estimate of drug-likeness (QED) is 0.692. The first-order valence-corrected chi connectivity index (χ1v) is 6.76. The molecular weight excluding hydrogens is 284 g/mol. The third kappa shape index (κ3) is 4.22. The van der Waals surface area contributed by atoms with Crippen molar-refractivity contribution in [2.24, 2.45) is 0 Å². The maximum Gasteiger partial charge on any atom is 0.337 e. The van der Waals surface area contributed by atoms with E-state index in [0.29, 0.717) is 0 Å². The van der Waals surface area contributed by atoms with E-state index >= 15 is 0 Å². The number of hydrogen-bond acceptors (Lipinski definition) is 7. The van der Waals surface area contributed by atoms with Crippen LogP contribution in [0.15, 0.2) is 18.2 Å². The molecule has 1 aromatic rings. The Bertz CT molecular complexity index is 502. The fraction of sp³-hybridized carbons (Fsp3) is 0.385. The molecule has 1 rings (SSSR count). The minimum Gasteiger partial charge on any atom is -0.508 e. The molecule has 0 aromatic heterocycles. The van der Waals surface area contributed by atoms with Crippen molar-refractivity contribution in [2.75, 3.05) is 12.9 Å². The lowest BCUT2D eigenvalue weighted by atomic mass is 10.0. The van der Waals surface area contributed by atoms with Gasteiger partial charge in [-0.25, -0.2) is 4.79 Å². The summed E-state index contributed by atoms with van der Waals surface area (Å²) in [5, 5.41) is 29.3. The molecule has 0 spiro atoms. The summed E-state index contributed by atoms with van der Waals surface area (Å²) >= 11 is 0.861. The highest BCUT2D eigenvalue weighted by molar-refractivity contribution is 8.13. The lowest BCUT2D eigenvalue weighted by Crippen LogP contribution is -2.22. The van der Waals surface area contributed by atoms with Gasteiger partial charge in [0.1, 0.15) is 11.9 Å². The van der Waals surface area contributed by atoms with E-state index in [1.807, 2.05) is 0 Å². The second-order valence-corrected chi connectivity index (χ2v) is 5.28. The maximum atomic E-state index is 11.4. The fourth-order valence-corrected chi connectivity index (χ4v) is 2.13. The Morgan fingerprint density at radius 1 is 1.35 bits per heavy atom. The summed E-state index contributed by atoms with van der Waals surface area (Å²) in [5.41, 5.74) is 0.148. The molecule has 0 aliphatic carbocycles. The lowest BCUT2D eigenvalue weighted by molar-refractivity contribution is -0.109. The molecule has 7 heteroatoms. The molecule has 0 radical (unpaired) electrons. The summed E-state index contributed by atoms with van der Waals surface area (Å²) in [6, 6.07) is 3.82. The van der Waals surface area contributed by atoms with Gasteiger partial charge in [0.2, 0.25) is 0 Å². The first kappa shape index (κ1) is 16.5. The number of aliphatic hydroxyl groups is 2. The molecule has 110 valence electrons. The number of phenols is 1. The monoisotopic (exact) mass is 300 g/mol. The Morgan fingerprint density at radius 2 is 2.00 bits per heavy atom. The number of thioether (sulfide) groups is 1. The zero-order chi connectivity index (χ0) is 15.3. The third-order valence-corrected chi connectivity index (χ3v) is 3.50. The number of benzene rings is 1. The van der Waals surface area contributed by atoms with Gasteiger partial charge in [-0.1, -0.05) is 11.8 Å². The van der Waals surface area contributed by atoms with Crippen LogP contribution >= 0.6 is 11.8 Å². The van der Waals surface area contributed by atoms with Crippen molar-refractivity contribution in [3.8, 4) is 5.75 Å². The number of carbonyl (C=O) groups excluding carboxylic acids is 2. The van der Waals surface area contributed by atoms with E-state index < -0.39 is 18.2 Å². The molecule has 0 fully saturated rings. The largest absolute Gasteiger partial charge is 0.508 e. The van der Waals surface area contributed by atoms with Crippen LogP contribution in [-0.2, 0) is 9.53 Å². The first-order valence-electron chi connectivity index (χ1n) is 5.77. The van der Waals surface area contributed by atoms with Crippen molar-refractivity contribution in [1.29, 1.82) is 0 Å². The molecule has 0 bridgehead atoms. The smallest absolute Gasteiger partial charge is 0.337 e. The number of aliphatic hydroxyl groups excluding tert-OH is 2. The van der Waals surface area contributed by atoms with Crippen LogP contribution < -0.4 is 0 Å². The predicted molar refractivity (Wildman–Crippen MR) is 73.6 cm³/mol. The van der Waals surface area contributed by atoms with Crippen LogP contribution in [0.5, 0.6) is 5.75 Å². The van der Waals surface area contributed by atoms with Crippen LogP contribution in [0.1, 0.15) is 28.9 Å². The van der Waals surface area contributed by atoms with E-state index in [4.69, 9.17) is 0 Å². The summed E-state index contributed by atoms with van der Waals surface area (Å²) in [4.78, 5) is 22.2. The van der Waals surface area contributed by atoms with Gasteiger partial charge in [0.05, 0.1) is 18.8 Å². The summed E-state index contributed by atoms with van der Waals surface area (Å²) < 4.78 is 4.54. The molecule has 0 saturated carbocycles. The van der Waals surface area contributed by atoms with Crippen molar-refractivity contribution in [3.63, 3.8) is 0 Å². The Kier molecular flexibility index (Phi) is 6.00. The van der Waals surface area contributed by atoms with Crippen LogP contribution in [0.3, 0.4) is 0 Å². The lowest BCUT2D eigenvalue weighted by Gasteiger charge is -2.18. The van der Waals surface area contributed by atoms with Crippen molar-refractivity contribution >= 4 is 22.8 Å². The SMILES string of the molecule is COC(=O)c1ccc(O)c(C(O)C(O)CSC(C)=O)c1. The molecule has 0 saturated heterocycles. The van der Waals surface area contributed by atoms with Crippen LogP contribution in [0.4, 0.5) is 0 Å². The van der Waals surface area contributed by atoms with E-state index in [1.54, 1.807) is 0 Å². The molecule has 1 aromatic carbocycles. The predicted octanol–water partition coefficient (Wildman–Crippen LogP) is 0.853. The molecule has 0 aliphatic heterocycles. The molecule has 0 heterocycles. The van der Waals surface area contributed by atoms with Crippen LogP contribution in [0.25, 0.3) is 0 Å². The van der Waals surface area contributed by atoms with E-state index in [0.717, 1.165) is 11.8 Å². The molecule has 20 heavy (non-hydrogen) atoms. The summed E-state index contributed by atoms with van der Waals surface area (Å²) in [5.74, 6) is -0.888. The summed E-state index contributed by atoms with van der Waals surface area (Å²) in [7, 11) is 1.21. The average Bonchev–Trinajstić information content (AvgIpc) is 2.43. The van der Waals surface area contributed by atoms with E-state index in [-0.39, 0.29) is 27.7 Å². The van der Waals surface area contributed by atoms with E-state index in [9.17, 15) is 24.9 Å². The second-order valence-electron chi connectivity index (χ2n) is 4.08. The minimum absolute atomic E-state index is 0.00421. The van der Waals surface area contributed by atoms with Gasteiger partial charge < -0.3 is 20.1 Å². The summed E-state index contributed by atoms with van der Waals surface area (Å²) in [6.07, 6.45) is -2.66. The van der Waals surface area contributed by atoms with Crippen molar-refractivity contribution in [3.05, 3.63) is 29.3 Å². The Labute approximate surface area is 120 Å². The molecule has 2 unspecified atom stereocenters. The highest BCUT2D eigenvalue weighted by atomic mass is 32.2. The van der Waals surface area contributed by atoms with E-state index in [2.05, 4.69) is 4.74 Å². The van der Waals surface area contributed by atoms with Crippen molar-refractivity contribution in [1.82, 2.24) is 0 Å². The number of ether oxygens (including phenoxy) is 1. The standard InChI is InChI=1S/C13H16O6S/c1-7(14)20-6-11(16)12(17)9-5-8(13(18)19-2)3-4-10(9)15/h3-5,11-12,15-17H,6H2,1-2H3. The Morgan fingerprint density at radius 3 is 2.55 bits per heavy atom. The number of methoxy groups -OCH3 is 1. The first-order chi connectivity index (χ1) is 9.36. The molecule has 6 nitrogen and oxygen atoms in total. The second kappa shape index (κ2) is 7.28. The highest BCUT2D eigenvalue weighted by Gasteiger charge is 2.23. The van der Waals surface area contributed by atoms with Gasteiger partial charge in [0, 0.05) is 18.2 Å². The topological polar surface area (TPSA) is 104 Å². The number of phenolic OH excluding ortho intramolecular Hbond substituents is 1. The van der Waals surface area contributed by atoms with Crippen LogP contribution in [0.2, 0.25) is 0 Å². The number of esters is 1. The summed E-state index contributed by atoms with van der Waals surface area (Å²) in [6.45, 7) is 1.35. The Hall–Kier alpha value is -1.57. The maximum absolute atomic E-state index is 11.4. The zero-order valence-electron chi connectivity index (χ0n) is 11.1. The molecule has 0 amide bonds. The number of aromatic hydroxyl groups is 1. The number of rotatable bonds is 5. The van der Waals surface area contributed by atoms with Gasteiger partial charge in [-0.05, 0) is 18.2 Å². The third-order valence-electron chi connectivity index (χ3n) is 2.59. The Balaban J connectivity index is 2.93. The van der Waals surface area contributed by atoms with Crippen LogP contribution in [-0.4, -0.2) is 45.4 Å². The molecule has 0 aliphatic rings. The fourth-order valence-electron chi connectivity index (χ4n) is 1.54. The molecule has 3 N–H and O–H groups in total. The van der Waals surface area contributed by atoms with Gasteiger partial charge in [0.25, 0.3) is 0 Å². The van der Waals surface area contributed by atoms with Crippen molar-refractivity contribution in [2.45, 2.75) is 19.1 Å². The zero-order valence-corrected chi connectivity index (χ0v) is 11.9. The van der Waals surface area contributed by atoms with Gasteiger partial charge in [-0.2, -0.15) is 0 Å². The van der Waals surface area contributed by atoms with Crippen molar-refractivity contribution < 1.29 is 29.6 Å².